The largest absolute Gasteiger partial charge is 0.507 e. The minimum absolute atomic E-state index is 0.0103. The Morgan fingerprint density at radius 2 is 1.74 bits per heavy atom. The molecule has 1 amide bonds. The van der Waals surface area contributed by atoms with Gasteiger partial charge in [-0.1, -0.05) is 57.9 Å². The third-order valence-electron chi connectivity index (χ3n) is 5.87. The summed E-state index contributed by atoms with van der Waals surface area (Å²) < 4.78 is 5.96. The summed E-state index contributed by atoms with van der Waals surface area (Å²) in [5, 5.41) is 11.3. The van der Waals surface area contributed by atoms with E-state index in [0.717, 1.165) is 15.6 Å². The van der Waals surface area contributed by atoms with Crippen molar-refractivity contribution in [1.29, 1.82) is 0 Å². The van der Waals surface area contributed by atoms with Crippen LogP contribution >= 0.6 is 15.9 Å². The van der Waals surface area contributed by atoms with Crippen LogP contribution in [0.15, 0.2) is 76.8 Å². The second kappa shape index (κ2) is 9.88. The van der Waals surface area contributed by atoms with Crippen LogP contribution in [0.1, 0.15) is 45.6 Å². The number of ketones is 1. The predicted octanol–water partition coefficient (Wildman–Crippen LogP) is 5.87. The van der Waals surface area contributed by atoms with E-state index in [1.807, 2.05) is 38.1 Å². The normalized spacial score (nSPS) is 17.0. The van der Waals surface area contributed by atoms with Gasteiger partial charge in [0.2, 0.25) is 0 Å². The number of hydrogen-bond donors (Lipinski definition) is 1. The van der Waals surface area contributed by atoms with Gasteiger partial charge in [0.1, 0.15) is 5.76 Å². The SMILES string of the molecule is CCOC(=O)c1cccc(N2C(=O)C(=O)/C(=C(/O)c3ccc(Br)c(C)c3)C2c2cccc(C)c2)c1. The highest BCUT2D eigenvalue weighted by Crippen LogP contribution is 2.42. The van der Waals surface area contributed by atoms with Crippen molar-refractivity contribution in [2.75, 3.05) is 11.5 Å². The molecule has 0 bridgehead atoms. The molecule has 1 aliphatic heterocycles. The fraction of sp³-hybridized carbons (Fsp3) is 0.179. The molecule has 178 valence electrons. The maximum absolute atomic E-state index is 13.4. The molecule has 4 rings (SSSR count). The van der Waals surface area contributed by atoms with Crippen molar-refractivity contribution >= 4 is 45.0 Å². The van der Waals surface area contributed by atoms with Crippen molar-refractivity contribution in [2.45, 2.75) is 26.8 Å². The first kappa shape index (κ1) is 24.4. The number of nitrogens with zero attached hydrogens (tertiary/aromatic N) is 1. The number of benzene rings is 3. The number of aliphatic hydroxyl groups excluding tert-OH is 1. The number of ether oxygens (including phenoxy) is 1. The van der Waals surface area contributed by atoms with Gasteiger partial charge in [-0.15, -0.1) is 0 Å². The second-order valence-corrected chi connectivity index (χ2v) is 9.17. The Labute approximate surface area is 212 Å². The zero-order chi connectivity index (χ0) is 25.3. The monoisotopic (exact) mass is 533 g/mol. The highest BCUT2D eigenvalue weighted by molar-refractivity contribution is 9.10. The molecule has 0 saturated carbocycles. The summed E-state index contributed by atoms with van der Waals surface area (Å²) in [6, 6.07) is 18.2. The van der Waals surface area contributed by atoms with Gasteiger partial charge in [-0.3, -0.25) is 14.5 Å². The van der Waals surface area contributed by atoms with E-state index in [1.165, 1.54) is 11.0 Å². The number of anilines is 1. The maximum Gasteiger partial charge on any atom is 0.338 e. The number of aliphatic hydroxyl groups is 1. The van der Waals surface area contributed by atoms with E-state index >= 15 is 0 Å². The van der Waals surface area contributed by atoms with Gasteiger partial charge in [0.05, 0.1) is 23.8 Å². The highest BCUT2D eigenvalue weighted by atomic mass is 79.9. The summed E-state index contributed by atoms with van der Waals surface area (Å²) in [6.45, 7) is 5.71. The smallest absolute Gasteiger partial charge is 0.338 e. The third kappa shape index (κ3) is 4.64. The molecule has 0 radical (unpaired) electrons. The summed E-state index contributed by atoms with van der Waals surface area (Å²) in [5.41, 5.74) is 3.52. The van der Waals surface area contributed by atoms with Crippen molar-refractivity contribution in [3.63, 3.8) is 0 Å². The van der Waals surface area contributed by atoms with E-state index in [0.29, 0.717) is 16.8 Å². The lowest BCUT2D eigenvalue weighted by Crippen LogP contribution is -2.29. The molecule has 6 nitrogen and oxygen atoms in total. The van der Waals surface area contributed by atoms with Crippen molar-refractivity contribution in [1.82, 2.24) is 0 Å². The average Bonchev–Trinajstić information content (AvgIpc) is 3.11. The van der Waals surface area contributed by atoms with E-state index < -0.39 is 23.7 Å². The van der Waals surface area contributed by atoms with Crippen LogP contribution in [0.25, 0.3) is 5.76 Å². The van der Waals surface area contributed by atoms with E-state index in [9.17, 15) is 19.5 Å². The minimum atomic E-state index is -0.878. The lowest BCUT2D eigenvalue weighted by atomic mass is 9.94. The summed E-state index contributed by atoms with van der Waals surface area (Å²) in [6.07, 6.45) is 0. The van der Waals surface area contributed by atoms with E-state index in [4.69, 9.17) is 4.74 Å². The molecule has 3 aromatic carbocycles. The Bertz CT molecular complexity index is 1380. The fourth-order valence-electron chi connectivity index (χ4n) is 4.20. The molecule has 0 aliphatic carbocycles. The van der Waals surface area contributed by atoms with Crippen molar-refractivity contribution < 1.29 is 24.2 Å². The summed E-state index contributed by atoms with van der Waals surface area (Å²) in [7, 11) is 0. The van der Waals surface area contributed by atoms with Gasteiger partial charge in [0.25, 0.3) is 11.7 Å². The van der Waals surface area contributed by atoms with Crippen LogP contribution in [-0.4, -0.2) is 29.4 Å². The molecule has 1 N–H and O–H groups in total. The maximum atomic E-state index is 13.4. The highest BCUT2D eigenvalue weighted by Gasteiger charge is 2.47. The number of carbonyl (C=O) groups is 3. The summed E-state index contributed by atoms with van der Waals surface area (Å²) in [5.74, 6) is -2.36. The van der Waals surface area contributed by atoms with E-state index in [-0.39, 0.29) is 23.5 Å². The van der Waals surface area contributed by atoms with Gasteiger partial charge < -0.3 is 9.84 Å². The van der Waals surface area contributed by atoms with Gasteiger partial charge in [-0.25, -0.2) is 4.79 Å². The molecule has 0 aromatic heterocycles. The van der Waals surface area contributed by atoms with Crippen LogP contribution in [0.3, 0.4) is 0 Å². The lowest BCUT2D eigenvalue weighted by Gasteiger charge is -2.26. The molecule has 1 unspecified atom stereocenters. The number of halogens is 1. The summed E-state index contributed by atoms with van der Waals surface area (Å²) in [4.78, 5) is 40.3. The summed E-state index contributed by atoms with van der Waals surface area (Å²) >= 11 is 3.44. The first-order valence-corrected chi connectivity index (χ1v) is 11.9. The zero-order valence-corrected chi connectivity index (χ0v) is 21.1. The number of hydrogen-bond acceptors (Lipinski definition) is 5. The Hall–Kier alpha value is -3.71. The number of esters is 1. The van der Waals surface area contributed by atoms with Crippen LogP contribution in [0.2, 0.25) is 0 Å². The van der Waals surface area contributed by atoms with Crippen LogP contribution in [0, 0.1) is 13.8 Å². The molecular formula is C28H24BrNO5. The lowest BCUT2D eigenvalue weighted by molar-refractivity contribution is -0.132. The molecule has 1 atom stereocenters. The fourth-order valence-corrected chi connectivity index (χ4v) is 4.45. The molecule has 3 aromatic rings. The molecule has 7 heteroatoms. The minimum Gasteiger partial charge on any atom is -0.507 e. The quantitative estimate of drug-likeness (QED) is 0.192. The van der Waals surface area contributed by atoms with Crippen LogP contribution in [0.4, 0.5) is 5.69 Å². The number of Topliss-reactive ketones (excluding diaryl/α,β-unsaturated/α-hetero) is 1. The number of rotatable bonds is 5. The van der Waals surface area contributed by atoms with Crippen LogP contribution in [0.5, 0.6) is 0 Å². The van der Waals surface area contributed by atoms with E-state index in [1.54, 1.807) is 43.3 Å². The average molecular weight is 534 g/mol. The molecule has 1 saturated heterocycles. The first-order chi connectivity index (χ1) is 16.7. The van der Waals surface area contributed by atoms with Crippen LogP contribution < -0.4 is 4.90 Å². The predicted molar refractivity (Wildman–Crippen MR) is 137 cm³/mol. The number of carbonyl (C=O) groups excluding carboxylic acids is 3. The molecule has 35 heavy (non-hydrogen) atoms. The van der Waals surface area contributed by atoms with Crippen molar-refractivity contribution in [2.24, 2.45) is 0 Å². The Morgan fingerprint density at radius 1 is 1.00 bits per heavy atom. The molecule has 1 heterocycles. The standard InChI is InChI=1S/C28H24BrNO5/c1-4-35-28(34)20-9-6-10-21(15-20)30-24(18-8-5-7-16(2)13-18)23(26(32)27(30)33)25(31)19-11-12-22(29)17(3)14-19/h5-15,24,31H,4H2,1-3H3/b25-23+. The van der Waals surface area contributed by atoms with Gasteiger partial charge >= 0.3 is 5.97 Å². The van der Waals surface area contributed by atoms with Crippen molar-refractivity contribution in [3.8, 4) is 0 Å². The van der Waals surface area contributed by atoms with E-state index in [2.05, 4.69) is 15.9 Å². The van der Waals surface area contributed by atoms with Gasteiger partial charge in [0.15, 0.2) is 0 Å². The van der Waals surface area contributed by atoms with Gasteiger partial charge in [-0.2, -0.15) is 0 Å². The Morgan fingerprint density at radius 3 is 2.43 bits per heavy atom. The van der Waals surface area contributed by atoms with Crippen LogP contribution in [-0.2, 0) is 14.3 Å². The number of aryl methyl sites for hydroxylation is 2. The topological polar surface area (TPSA) is 83.9 Å². The zero-order valence-electron chi connectivity index (χ0n) is 19.5. The Kier molecular flexibility index (Phi) is 6.89. The first-order valence-electron chi connectivity index (χ1n) is 11.1. The molecule has 0 spiro atoms. The van der Waals surface area contributed by atoms with Crippen molar-refractivity contribution in [3.05, 3.63) is 105 Å². The number of amides is 1. The van der Waals surface area contributed by atoms with Gasteiger partial charge in [-0.05, 0) is 62.2 Å². The second-order valence-electron chi connectivity index (χ2n) is 8.32. The molecule has 1 aliphatic rings. The molecule has 1 fully saturated rings. The Balaban J connectivity index is 1.93. The van der Waals surface area contributed by atoms with Gasteiger partial charge in [0, 0.05) is 15.7 Å². The molecular weight excluding hydrogens is 510 g/mol. The third-order valence-corrected chi connectivity index (χ3v) is 6.76.